The summed E-state index contributed by atoms with van der Waals surface area (Å²) in [7, 11) is 0. The summed E-state index contributed by atoms with van der Waals surface area (Å²) in [5.74, 6) is -0.593. The van der Waals surface area contributed by atoms with Gasteiger partial charge in [0.1, 0.15) is 10.8 Å². The molecule has 1 aliphatic carbocycles. The second kappa shape index (κ2) is 12.4. The van der Waals surface area contributed by atoms with Gasteiger partial charge in [-0.2, -0.15) is 0 Å². The Morgan fingerprint density at radius 1 is 1.18 bits per heavy atom. The van der Waals surface area contributed by atoms with E-state index in [0.717, 1.165) is 37.0 Å². The van der Waals surface area contributed by atoms with E-state index in [4.69, 9.17) is 32.7 Å². The lowest BCUT2D eigenvalue weighted by molar-refractivity contribution is -0.116. The minimum absolute atomic E-state index is 0.146. The molecule has 2 amide bonds. The third-order valence-corrected chi connectivity index (χ3v) is 7.21. The number of halogens is 2. The summed E-state index contributed by atoms with van der Waals surface area (Å²) in [6, 6.07) is 5.07. The maximum atomic E-state index is 12.8. The fraction of sp³-hybridized carbons (Fsp3) is 0.458. The summed E-state index contributed by atoms with van der Waals surface area (Å²) >= 11 is 13.1. The standard InChI is InChI=1S/C24H28Cl2N2O5S/c1-3-32-24(31)20-14(2)21(22(30)27-16-7-4-5-8-16)34-23(20)28-19(29)9-6-12-33-18-11-10-15(25)13-17(18)26/h10-11,13,16H,3-9,12H2,1-2H3,(H,27,30)(H,28,29). The number of amides is 2. The zero-order valence-corrected chi connectivity index (χ0v) is 21.5. The molecule has 1 aromatic heterocycles. The molecule has 0 spiro atoms. The monoisotopic (exact) mass is 526 g/mol. The molecule has 1 heterocycles. The van der Waals surface area contributed by atoms with Gasteiger partial charge in [-0.1, -0.05) is 36.0 Å². The van der Waals surface area contributed by atoms with E-state index in [2.05, 4.69) is 10.6 Å². The fourth-order valence-electron chi connectivity index (χ4n) is 3.78. The minimum atomic E-state index is -0.563. The van der Waals surface area contributed by atoms with Crippen molar-refractivity contribution in [1.29, 1.82) is 0 Å². The van der Waals surface area contributed by atoms with Gasteiger partial charge in [-0.25, -0.2) is 4.79 Å². The SMILES string of the molecule is CCOC(=O)c1c(NC(=O)CCCOc2ccc(Cl)cc2Cl)sc(C(=O)NC2CCCC2)c1C. The first kappa shape index (κ1) is 26.3. The molecule has 1 aliphatic rings. The molecule has 3 rings (SSSR count). The van der Waals surface area contributed by atoms with Crippen LogP contribution in [-0.2, 0) is 9.53 Å². The Bertz CT molecular complexity index is 1050. The number of ether oxygens (including phenoxy) is 2. The maximum Gasteiger partial charge on any atom is 0.341 e. The van der Waals surface area contributed by atoms with E-state index in [0.29, 0.717) is 37.7 Å². The van der Waals surface area contributed by atoms with Crippen molar-refractivity contribution < 1.29 is 23.9 Å². The van der Waals surface area contributed by atoms with E-state index >= 15 is 0 Å². The molecule has 0 saturated heterocycles. The Morgan fingerprint density at radius 2 is 1.91 bits per heavy atom. The smallest absolute Gasteiger partial charge is 0.341 e. The normalized spacial score (nSPS) is 13.5. The molecular weight excluding hydrogens is 499 g/mol. The van der Waals surface area contributed by atoms with Crippen LogP contribution in [0.1, 0.15) is 71.0 Å². The summed E-state index contributed by atoms with van der Waals surface area (Å²) in [5.41, 5.74) is 0.732. The van der Waals surface area contributed by atoms with Gasteiger partial charge in [0.05, 0.1) is 28.7 Å². The number of rotatable bonds is 10. The molecule has 1 aromatic carbocycles. The fourth-order valence-corrected chi connectivity index (χ4v) is 5.36. The van der Waals surface area contributed by atoms with Gasteiger partial charge in [-0.15, -0.1) is 11.3 Å². The van der Waals surface area contributed by atoms with Gasteiger partial charge in [0.15, 0.2) is 0 Å². The van der Waals surface area contributed by atoms with Crippen molar-refractivity contribution in [3.05, 3.63) is 44.2 Å². The highest BCUT2D eigenvalue weighted by atomic mass is 35.5. The number of carbonyl (C=O) groups is 3. The van der Waals surface area contributed by atoms with Gasteiger partial charge >= 0.3 is 5.97 Å². The number of anilines is 1. The van der Waals surface area contributed by atoms with Crippen LogP contribution < -0.4 is 15.4 Å². The molecule has 1 fully saturated rings. The van der Waals surface area contributed by atoms with Gasteiger partial charge in [0, 0.05) is 17.5 Å². The minimum Gasteiger partial charge on any atom is -0.492 e. The molecule has 34 heavy (non-hydrogen) atoms. The molecular formula is C24H28Cl2N2O5S. The van der Waals surface area contributed by atoms with Gasteiger partial charge in [-0.05, 0) is 56.9 Å². The summed E-state index contributed by atoms with van der Waals surface area (Å²) in [6.07, 6.45) is 4.68. The Labute approximate surface area is 213 Å². The van der Waals surface area contributed by atoms with Crippen LogP contribution in [0.4, 0.5) is 5.00 Å². The van der Waals surface area contributed by atoms with Crippen molar-refractivity contribution in [3.8, 4) is 5.75 Å². The van der Waals surface area contributed by atoms with Crippen LogP contribution in [0, 0.1) is 6.92 Å². The van der Waals surface area contributed by atoms with E-state index in [1.807, 2.05) is 0 Å². The topological polar surface area (TPSA) is 93.7 Å². The van der Waals surface area contributed by atoms with Crippen LogP contribution >= 0.6 is 34.5 Å². The summed E-state index contributed by atoms with van der Waals surface area (Å²) in [6.45, 7) is 3.87. The molecule has 184 valence electrons. The number of hydrogen-bond acceptors (Lipinski definition) is 6. The zero-order valence-electron chi connectivity index (χ0n) is 19.2. The molecule has 0 radical (unpaired) electrons. The lowest BCUT2D eigenvalue weighted by atomic mass is 10.1. The van der Waals surface area contributed by atoms with Crippen molar-refractivity contribution in [2.45, 2.75) is 58.4 Å². The molecule has 2 N–H and O–H groups in total. The van der Waals surface area contributed by atoms with E-state index in [9.17, 15) is 14.4 Å². The molecule has 2 aromatic rings. The summed E-state index contributed by atoms with van der Waals surface area (Å²) in [5, 5.41) is 7.04. The molecule has 10 heteroatoms. The van der Waals surface area contributed by atoms with E-state index in [-0.39, 0.29) is 43.1 Å². The molecule has 0 aliphatic heterocycles. The first-order valence-electron chi connectivity index (χ1n) is 11.3. The zero-order chi connectivity index (χ0) is 24.7. The van der Waals surface area contributed by atoms with Gasteiger partial charge in [0.25, 0.3) is 5.91 Å². The van der Waals surface area contributed by atoms with Gasteiger partial charge in [0.2, 0.25) is 5.91 Å². The molecule has 0 atom stereocenters. The van der Waals surface area contributed by atoms with Crippen LogP contribution in [0.25, 0.3) is 0 Å². The van der Waals surface area contributed by atoms with E-state index in [1.54, 1.807) is 32.0 Å². The van der Waals surface area contributed by atoms with Crippen molar-refractivity contribution in [1.82, 2.24) is 5.32 Å². The number of benzene rings is 1. The number of hydrogen-bond donors (Lipinski definition) is 2. The van der Waals surface area contributed by atoms with Crippen LogP contribution in [0.15, 0.2) is 18.2 Å². The predicted molar refractivity (Wildman–Crippen MR) is 135 cm³/mol. The van der Waals surface area contributed by atoms with Gasteiger partial charge < -0.3 is 20.1 Å². The predicted octanol–water partition coefficient (Wildman–Crippen LogP) is 6.01. The van der Waals surface area contributed by atoms with Crippen molar-refractivity contribution in [2.75, 3.05) is 18.5 Å². The number of carbonyl (C=O) groups excluding carboxylic acids is 3. The van der Waals surface area contributed by atoms with E-state index in [1.165, 1.54) is 0 Å². The summed E-state index contributed by atoms with van der Waals surface area (Å²) < 4.78 is 10.8. The average Bonchev–Trinajstić information content (AvgIpc) is 3.40. The molecule has 7 nitrogen and oxygen atoms in total. The number of esters is 1. The highest BCUT2D eigenvalue weighted by molar-refractivity contribution is 7.18. The van der Waals surface area contributed by atoms with E-state index < -0.39 is 5.97 Å². The highest BCUT2D eigenvalue weighted by Gasteiger charge is 2.28. The first-order chi connectivity index (χ1) is 16.3. The quantitative estimate of drug-likeness (QED) is 0.292. The number of nitrogens with one attached hydrogen (secondary N) is 2. The van der Waals surface area contributed by atoms with Crippen molar-refractivity contribution >= 4 is 57.3 Å². The summed E-state index contributed by atoms with van der Waals surface area (Å²) in [4.78, 5) is 38.4. The molecule has 1 saturated carbocycles. The second-order valence-electron chi connectivity index (χ2n) is 8.01. The van der Waals surface area contributed by atoms with Crippen molar-refractivity contribution in [2.24, 2.45) is 0 Å². The van der Waals surface area contributed by atoms with Crippen LogP contribution in [0.2, 0.25) is 10.0 Å². The largest absolute Gasteiger partial charge is 0.492 e. The third-order valence-electron chi connectivity index (χ3n) is 5.48. The Hall–Kier alpha value is -2.29. The van der Waals surface area contributed by atoms with Crippen LogP contribution in [0.5, 0.6) is 5.75 Å². The van der Waals surface area contributed by atoms with Crippen LogP contribution in [0.3, 0.4) is 0 Å². The third kappa shape index (κ3) is 6.87. The maximum absolute atomic E-state index is 12.8. The van der Waals surface area contributed by atoms with Crippen molar-refractivity contribution in [3.63, 3.8) is 0 Å². The second-order valence-corrected chi connectivity index (χ2v) is 9.87. The van der Waals surface area contributed by atoms with Gasteiger partial charge in [-0.3, -0.25) is 9.59 Å². The highest BCUT2D eigenvalue weighted by Crippen LogP contribution is 2.34. The lowest BCUT2D eigenvalue weighted by Crippen LogP contribution is -2.32. The molecule has 0 bridgehead atoms. The average molecular weight is 527 g/mol. The first-order valence-corrected chi connectivity index (χ1v) is 12.9. The Kier molecular flexibility index (Phi) is 9.62. The lowest BCUT2D eigenvalue weighted by Gasteiger charge is -2.11. The Morgan fingerprint density at radius 3 is 2.59 bits per heavy atom. The Balaban J connectivity index is 1.63. The molecule has 0 unspecified atom stereocenters. The number of thiophene rings is 1. The van der Waals surface area contributed by atoms with Crippen LogP contribution in [-0.4, -0.2) is 37.0 Å².